The molecule has 0 heterocycles. The minimum atomic E-state index is -0.372. The van der Waals surface area contributed by atoms with Gasteiger partial charge in [0.1, 0.15) is 12.4 Å². The van der Waals surface area contributed by atoms with Gasteiger partial charge in [-0.15, -0.1) is 11.8 Å². The molecule has 1 atom stereocenters. The Bertz CT molecular complexity index is 477. The molecule has 1 rings (SSSR count). The number of allylic oxidation sites excluding steroid dienone is 1. The van der Waals surface area contributed by atoms with E-state index in [2.05, 4.69) is 17.9 Å². The van der Waals surface area contributed by atoms with E-state index in [0.717, 1.165) is 24.7 Å². The molecule has 0 amide bonds. The molecular weight excluding hydrogens is 248 g/mol. The standard InChI is InChI=1S/C18H22O2/c1-3-4-5-7-10-16(2)13-18(14-19)20-15-17-11-8-6-9-12-17/h6,8-12,14,18H,5,7,13,15H2,1-2H3. The van der Waals surface area contributed by atoms with Crippen LogP contribution in [0, 0.1) is 11.8 Å². The smallest absolute Gasteiger partial charge is 0.149 e. The summed E-state index contributed by atoms with van der Waals surface area (Å²) in [5.74, 6) is 5.89. The zero-order valence-electron chi connectivity index (χ0n) is 12.3. The highest BCUT2D eigenvalue weighted by Gasteiger charge is 2.08. The van der Waals surface area contributed by atoms with Crippen LogP contribution in [0.1, 0.15) is 38.7 Å². The van der Waals surface area contributed by atoms with E-state index in [1.54, 1.807) is 0 Å². The Morgan fingerprint density at radius 2 is 2.10 bits per heavy atom. The molecule has 0 fully saturated rings. The van der Waals surface area contributed by atoms with Gasteiger partial charge >= 0.3 is 0 Å². The van der Waals surface area contributed by atoms with Crippen molar-refractivity contribution in [3.8, 4) is 11.8 Å². The Morgan fingerprint density at radius 1 is 1.35 bits per heavy atom. The molecule has 0 saturated heterocycles. The first-order valence-electron chi connectivity index (χ1n) is 6.92. The second kappa shape index (κ2) is 10.00. The van der Waals surface area contributed by atoms with Crippen LogP contribution in [0.4, 0.5) is 0 Å². The lowest BCUT2D eigenvalue weighted by molar-refractivity contribution is -0.118. The Hall–Kier alpha value is -1.85. The van der Waals surface area contributed by atoms with E-state index >= 15 is 0 Å². The van der Waals surface area contributed by atoms with Gasteiger partial charge in [0, 0.05) is 12.8 Å². The highest BCUT2D eigenvalue weighted by Crippen LogP contribution is 2.11. The predicted molar refractivity (Wildman–Crippen MR) is 82.1 cm³/mol. The Kier molecular flexibility index (Phi) is 8.10. The van der Waals surface area contributed by atoms with Crippen LogP contribution >= 0.6 is 0 Å². The van der Waals surface area contributed by atoms with E-state index in [1.807, 2.05) is 44.2 Å². The zero-order valence-corrected chi connectivity index (χ0v) is 12.3. The minimum Gasteiger partial charge on any atom is -0.366 e. The van der Waals surface area contributed by atoms with Crippen LogP contribution in [0.3, 0.4) is 0 Å². The molecule has 0 spiro atoms. The summed E-state index contributed by atoms with van der Waals surface area (Å²) in [5, 5.41) is 0. The first-order valence-corrected chi connectivity index (χ1v) is 6.92. The van der Waals surface area contributed by atoms with Crippen molar-refractivity contribution in [1.29, 1.82) is 0 Å². The summed E-state index contributed by atoms with van der Waals surface area (Å²) < 4.78 is 5.64. The van der Waals surface area contributed by atoms with E-state index < -0.39 is 0 Å². The van der Waals surface area contributed by atoms with Gasteiger partial charge in [-0.25, -0.2) is 0 Å². The largest absolute Gasteiger partial charge is 0.366 e. The summed E-state index contributed by atoms with van der Waals surface area (Å²) in [4.78, 5) is 11.1. The van der Waals surface area contributed by atoms with E-state index in [1.165, 1.54) is 5.57 Å². The number of carbonyl (C=O) groups is 1. The van der Waals surface area contributed by atoms with Crippen LogP contribution in [0.2, 0.25) is 0 Å². The predicted octanol–water partition coefficient (Wildman–Crippen LogP) is 3.91. The van der Waals surface area contributed by atoms with Gasteiger partial charge in [-0.05, 0) is 25.8 Å². The molecule has 2 heteroatoms. The topological polar surface area (TPSA) is 26.3 Å². The van der Waals surface area contributed by atoms with Crippen LogP contribution in [0.25, 0.3) is 0 Å². The van der Waals surface area contributed by atoms with E-state index in [4.69, 9.17) is 4.74 Å². The number of rotatable bonds is 8. The van der Waals surface area contributed by atoms with Gasteiger partial charge in [-0.1, -0.05) is 42.0 Å². The first-order chi connectivity index (χ1) is 9.76. The monoisotopic (exact) mass is 270 g/mol. The van der Waals surface area contributed by atoms with Crippen molar-refractivity contribution >= 4 is 6.29 Å². The molecule has 1 unspecified atom stereocenters. The van der Waals surface area contributed by atoms with Crippen molar-refractivity contribution in [2.24, 2.45) is 0 Å². The summed E-state index contributed by atoms with van der Waals surface area (Å²) in [6, 6.07) is 9.89. The SMILES string of the molecule is CC#CCCC=C(C)CC(C=O)OCc1ccccc1. The number of ether oxygens (including phenoxy) is 1. The number of aldehydes is 1. The van der Waals surface area contributed by atoms with Crippen molar-refractivity contribution in [3.63, 3.8) is 0 Å². The highest BCUT2D eigenvalue weighted by molar-refractivity contribution is 5.56. The molecule has 2 nitrogen and oxygen atoms in total. The van der Waals surface area contributed by atoms with Crippen LogP contribution in [-0.2, 0) is 16.1 Å². The summed E-state index contributed by atoms with van der Waals surface area (Å²) in [6.45, 7) is 4.34. The first kappa shape index (κ1) is 16.2. The van der Waals surface area contributed by atoms with Gasteiger partial charge in [-0.2, -0.15) is 0 Å². The van der Waals surface area contributed by atoms with Gasteiger partial charge in [0.2, 0.25) is 0 Å². The Balaban J connectivity index is 2.38. The number of hydrogen-bond acceptors (Lipinski definition) is 2. The molecule has 0 radical (unpaired) electrons. The molecule has 0 aromatic heterocycles. The number of carbonyl (C=O) groups excluding carboxylic acids is 1. The van der Waals surface area contributed by atoms with Crippen molar-refractivity contribution < 1.29 is 9.53 Å². The average Bonchev–Trinajstić information content (AvgIpc) is 2.49. The maximum atomic E-state index is 11.1. The third-order valence-corrected chi connectivity index (χ3v) is 2.92. The van der Waals surface area contributed by atoms with Crippen LogP contribution in [-0.4, -0.2) is 12.4 Å². The van der Waals surface area contributed by atoms with Gasteiger partial charge in [0.15, 0.2) is 0 Å². The third-order valence-electron chi connectivity index (χ3n) is 2.92. The molecule has 106 valence electrons. The minimum absolute atomic E-state index is 0.372. The van der Waals surface area contributed by atoms with Crippen LogP contribution < -0.4 is 0 Å². The number of unbranched alkanes of at least 4 members (excludes halogenated alkanes) is 1. The van der Waals surface area contributed by atoms with Crippen LogP contribution in [0.15, 0.2) is 42.0 Å². The molecule has 0 bridgehead atoms. The van der Waals surface area contributed by atoms with E-state index in [9.17, 15) is 4.79 Å². The lowest BCUT2D eigenvalue weighted by Crippen LogP contribution is -2.14. The molecule has 0 aliphatic heterocycles. The lowest BCUT2D eigenvalue weighted by Gasteiger charge is -2.12. The van der Waals surface area contributed by atoms with Crippen molar-refractivity contribution in [3.05, 3.63) is 47.5 Å². The molecule has 0 aliphatic rings. The van der Waals surface area contributed by atoms with Crippen LogP contribution in [0.5, 0.6) is 0 Å². The summed E-state index contributed by atoms with van der Waals surface area (Å²) in [5.41, 5.74) is 2.26. The second-order valence-corrected chi connectivity index (χ2v) is 4.69. The Labute approximate surface area is 121 Å². The normalized spacial score (nSPS) is 12.4. The van der Waals surface area contributed by atoms with Crippen molar-refractivity contribution in [2.45, 2.75) is 45.8 Å². The fraction of sp³-hybridized carbons (Fsp3) is 0.389. The summed E-state index contributed by atoms with van der Waals surface area (Å²) >= 11 is 0. The second-order valence-electron chi connectivity index (χ2n) is 4.69. The molecule has 20 heavy (non-hydrogen) atoms. The van der Waals surface area contributed by atoms with Gasteiger partial charge in [0.05, 0.1) is 6.61 Å². The summed E-state index contributed by atoms with van der Waals surface area (Å²) in [6.07, 6.45) is 5.08. The quantitative estimate of drug-likeness (QED) is 0.310. The molecule has 0 aliphatic carbocycles. The number of hydrogen-bond donors (Lipinski definition) is 0. The fourth-order valence-corrected chi connectivity index (χ4v) is 1.84. The Morgan fingerprint density at radius 3 is 2.75 bits per heavy atom. The average molecular weight is 270 g/mol. The van der Waals surface area contributed by atoms with Gasteiger partial charge in [0.25, 0.3) is 0 Å². The molecule has 0 saturated carbocycles. The maximum absolute atomic E-state index is 11.1. The number of benzene rings is 1. The lowest BCUT2D eigenvalue weighted by atomic mass is 10.1. The molecule has 1 aromatic rings. The van der Waals surface area contributed by atoms with E-state index in [0.29, 0.717) is 13.0 Å². The van der Waals surface area contributed by atoms with Gasteiger partial charge < -0.3 is 9.53 Å². The molecule has 0 N–H and O–H groups in total. The van der Waals surface area contributed by atoms with Crippen molar-refractivity contribution in [2.75, 3.05) is 0 Å². The van der Waals surface area contributed by atoms with E-state index in [-0.39, 0.29) is 6.10 Å². The fourth-order valence-electron chi connectivity index (χ4n) is 1.84. The van der Waals surface area contributed by atoms with Crippen molar-refractivity contribution in [1.82, 2.24) is 0 Å². The molecule has 1 aromatic carbocycles. The maximum Gasteiger partial charge on any atom is 0.149 e. The van der Waals surface area contributed by atoms with Gasteiger partial charge in [-0.3, -0.25) is 0 Å². The third kappa shape index (κ3) is 6.92. The highest BCUT2D eigenvalue weighted by atomic mass is 16.5. The summed E-state index contributed by atoms with van der Waals surface area (Å²) in [7, 11) is 0. The molecular formula is C18H22O2. The zero-order chi connectivity index (χ0) is 14.6.